The minimum Gasteiger partial charge on any atom is -0.330 e. The van der Waals surface area contributed by atoms with Crippen molar-refractivity contribution in [3.05, 3.63) is 0 Å². The average molecular weight is 254 g/mol. The van der Waals surface area contributed by atoms with Crippen molar-refractivity contribution < 1.29 is 0 Å². The van der Waals surface area contributed by atoms with Crippen LogP contribution >= 0.6 is 0 Å². The van der Waals surface area contributed by atoms with E-state index in [1.165, 1.54) is 58.0 Å². The summed E-state index contributed by atoms with van der Waals surface area (Å²) in [5.41, 5.74) is 6.12. The van der Waals surface area contributed by atoms with Gasteiger partial charge in [-0.3, -0.25) is 0 Å². The Bertz CT molecular complexity index is 204. The van der Waals surface area contributed by atoms with E-state index in [1.54, 1.807) is 0 Å². The molecule has 2 heteroatoms. The van der Waals surface area contributed by atoms with Crippen LogP contribution in [0.1, 0.15) is 65.7 Å². The molecular weight excluding hydrogens is 220 g/mol. The summed E-state index contributed by atoms with van der Waals surface area (Å²) in [5, 5.41) is 3.59. The van der Waals surface area contributed by atoms with E-state index in [9.17, 15) is 0 Å². The molecule has 1 rings (SSSR count). The topological polar surface area (TPSA) is 38.0 Å². The predicted octanol–water partition coefficient (Wildman–Crippen LogP) is 3.56. The fourth-order valence-corrected chi connectivity index (χ4v) is 2.73. The zero-order chi connectivity index (χ0) is 13.4. The molecule has 2 nitrogen and oxygen atoms in total. The third-order valence-electron chi connectivity index (χ3n) is 4.31. The van der Waals surface area contributed by atoms with Crippen LogP contribution in [0.15, 0.2) is 0 Å². The zero-order valence-corrected chi connectivity index (χ0v) is 12.8. The summed E-state index contributed by atoms with van der Waals surface area (Å²) in [7, 11) is 0. The second-order valence-electron chi connectivity index (χ2n) is 7.12. The lowest BCUT2D eigenvalue weighted by molar-refractivity contribution is 0.210. The average Bonchev–Trinajstić information content (AvgIpc) is 3.08. The Labute approximate surface area is 114 Å². The first-order valence-corrected chi connectivity index (χ1v) is 7.95. The lowest BCUT2D eigenvalue weighted by Gasteiger charge is -2.30. The molecule has 0 aliphatic heterocycles. The standard InChI is InChI=1S/C16H34N2/c1-16(2,3)15(10-11-17)7-5-13-18-12-4-6-14-8-9-14/h14-15,18H,4-13,17H2,1-3H3. The minimum absolute atomic E-state index is 0.408. The summed E-state index contributed by atoms with van der Waals surface area (Å²) < 4.78 is 0. The molecule has 108 valence electrons. The lowest BCUT2D eigenvalue weighted by Crippen LogP contribution is -2.25. The highest BCUT2D eigenvalue weighted by Crippen LogP contribution is 2.33. The maximum Gasteiger partial charge on any atom is -0.00488 e. The van der Waals surface area contributed by atoms with Crippen molar-refractivity contribution >= 4 is 0 Å². The van der Waals surface area contributed by atoms with Crippen molar-refractivity contribution in [2.24, 2.45) is 23.0 Å². The van der Waals surface area contributed by atoms with Crippen LogP contribution in [0.5, 0.6) is 0 Å². The van der Waals surface area contributed by atoms with E-state index < -0.39 is 0 Å². The van der Waals surface area contributed by atoms with Crippen LogP contribution in [0.2, 0.25) is 0 Å². The Balaban J connectivity index is 1.96. The van der Waals surface area contributed by atoms with Gasteiger partial charge in [-0.2, -0.15) is 0 Å². The van der Waals surface area contributed by atoms with Crippen molar-refractivity contribution in [1.82, 2.24) is 5.32 Å². The van der Waals surface area contributed by atoms with Gasteiger partial charge in [0.05, 0.1) is 0 Å². The molecule has 3 N–H and O–H groups in total. The number of nitrogens with two attached hydrogens (primary N) is 1. The molecule has 0 radical (unpaired) electrons. The normalized spacial score (nSPS) is 18.0. The van der Waals surface area contributed by atoms with Gasteiger partial charge in [0.2, 0.25) is 0 Å². The van der Waals surface area contributed by atoms with Crippen molar-refractivity contribution in [2.75, 3.05) is 19.6 Å². The first-order valence-electron chi connectivity index (χ1n) is 7.95. The summed E-state index contributed by atoms with van der Waals surface area (Å²) >= 11 is 0. The molecule has 1 fully saturated rings. The van der Waals surface area contributed by atoms with Gasteiger partial charge in [0.25, 0.3) is 0 Å². The van der Waals surface area contributed by atoms with Crippen LogP contribution in [-0.4, -0.2) is 19.6 Å². The van der Waals surface area contributed by atoms with Gasteiger partial charge >= 0.3 is 0 Å². The second-order valence-corrected chi connectivity index (χ2v) is 7.12. The molecule has 0 aromatic heterocycles. The van der Waals surface area contributed by atoms with Gasteiger partial charge in [0, 0.05) is 0 Å². The molecule has 0 heterocycles. The van der Waals surface area contributed by atoms with Crippen molar-refractivity contribution in [3.63, 3.8) is 0 Å². The predicted molar refractivity (Wildman–Crippen MR) is 80.7 cm³/mol. The van der Waals surface area contributed by atoms with E-state index in [0.29, 0.717) is 5.41 Å². The smallest absolute Gasteiger partial charge is 0.00488 e. The highest BCUT2D eigenvalue weighted by molar-refractivity contribution is 4.75. The minimum atomic E-state index is 0.408. The van der Waals surface area contributed by atoms with Crippen LogP contribution in [0, 0.1) is 17.3 Å². The largest absolute Gasteiger partial charge is 0.330 e. The molecule has 0 aromatic carbocycles. The molecule has 1 saturated carbocycles. The maximum atomic E-state index is 5.71. The van der Waals surface area contributed by atoms with Crippen LogP contribution in [0.4, 0.5) is 0 Å². The summed E-state index contributed by atoms with van der Waals surface area (Å²) in [6, 6.07) is 0. The Morgan fingerprint density at radius 2 is 1.78 bits per heavy atom. The quantitative estimate of drug-likeness (QED) is 0.585. The van der Waals surface area contributed by atoms with Gasteiger partial charge in [-0.1, -0.05) is 33.6 Å². The number of rotatable bonds is 10. The van der Waals surface area contributed by atoms with Gasteiger partial charge < -0.3 is 11.1 Å². The lowest BCUT2D eigenvalue weighted by atomic mass is 9.76. The van der Waals surface area contributed by atoms with Crippen molar-refractivity contribution in [1.29, 1.82) is 0 Å². The third-order valence-corrected chi connectivity index (χ3v) is 4.31. The van der Waals surface area contributed by atoms with E-state index in [-0.39, 0.29) is 0 Å². The molecule has 0 spiro atoms. The van der Waals surface area contributed by atoms with Gasteiger partial charge in [-0.25, -0.2) is 0 Å². The van der Waals surface area contributed by atoms with Crippen LogP contribution < -0.4 is 11.1 Å². The van der Waals surface area contributed by atoms with Crippen molar-refractivity contribution in [3.8, 4) is 0 Å². The molecule has 1 unspecified atom stereocenters. The summed E-state index contributed by atoms with van der Waals surface area (Å²) in [5.74, 6) is 1.86. The summed E-state index contributed by atoms with van der Waals surface area (Å²) in [6.45, 7) is 10.3. The molecule has 0 aromatic rings. The second kappa shape index (κ2) is 8.16. The molecule has 1 aliphatic carbocycles. The molecule has 1 aliphatic rings. The third kappa shape index (κ3) is 7.38. The number of nitrogens with one attached hydrogen (secondary N) is 1. The first-order chi connectivity index (χ1) is 8.54. The Morgan fingerprint density at radius 3 is 2.33 bits per heavy atom. The Morgan fingerprint density at radius 1 is 1.11 bits per heavy atom. The van der Waals surface area contributed by atoms with Crippen LogP contribution in [-0.2, 0) is 0 Å². The fraction of sp³-hybridized carbons (Fsp3) is 1.00. The van der Waals surface area contributed by atoms with E-state index in [2.05, 4.69) is 26.1 Å². The maximum absolute atomic E-state index is 5.71. The van der Waals surface area contributed by atoms with Gasteiger partial charge in [-0.15, -0.1) is 0 Å². The first kappa shape index (κ1) is 16.0. The van der Waals surface area contributed by atoms with Crippen molar-refractivity contribution in [2.45, 2.75) is 65.7 Å². The molecular formula is C16H34N2. The number of hydrogen-bond donors (Lipinski definition) is 2. The molecule has 1 atom stereocenters. The van der Waals surface area contributed by atoms with E-state index in [0.717, 1.165) is 18.4 Å². The SMILES string of the molecule is CC(C)(C)C(CCN)CCCNCCCC1CC1. The van der Waals surface area contributed by atoms with Crippen LogP contribution in [0.3, 0.4) is 0 Å². The molecule has 0 bridgehead atoms. The van der Waals surface area contributed by atoms with E-state index >= 15 is 0 Å². The van der Waals surface area contributed by atoms with E-state index in [1.807, 2.05) is 0 Å². The Kier molecular flexibility index (Phi) is 7.25. The highest BCUT2D eigenvalue weighted by Gasteiger charge is 2.23. The Hall–Kier alpha value is -0.0800. The summed E-state index contributed by atoms with van der Waals surface area (Å²) in [4.78, 5) is 0. The molecule has 18 heavy (non-hydrogen) atoms. The van der Waals surface area contributed by atoms with E-state index in [4.69, 9.17) is 5.73 Å². The fourth-order valence-electron chi connectivity index (χ4n) is 2.73. The number of hydrogen-bond acceptors (Lipinski definition) is 2. The monoisotopic (exact) mass is 254 g/mol. The zero-order valence-electron chi connectivity index (χ0n) is 12.8. The van der Waals surface area contributed by atoms with Crippen LogP contribution in [0.25, 0.3) is 0 Å². The van der Waals surface area contributed by atoms with Gasteiger partial charge in [-0.05, 0) is 69.0 Å². The highest BCUT2D eigenvalue weighted by atomic mass is 14.8. The molecule has 0 amide bonds. The summed E-state index contributed by atoms with van der Waals surface area (Å²) in [6.07, 6.45) is 9.59. The molecule has 0 saturated heterocycles. The van der Waals surface area contributed by atoms with Gasteiger partial charge in [0.15, 0.2) is 0 Å². The van der Waals surface area contributed by atoms with Gasteiger partial charge in [0.1, 0.15) is 0 Å².